The molecule has 0 saturated carbocycles. The molecule has 1 N–H and O–H groups in total. The molecule has 0 aliphatic carbocycles. The van der Waals surface area contributed by atoms with Gasteiger partial charge < -0.3 is 5.32 Å². The van der Waals surface area contributed by atoms with Crippen LogP contribution < -0.4 is 5.32 Å². The number of halogens is 1. The largest absolute Gasteiger partial charge is 0.345 e. The van der Waals surface area contributed by atoms with E-state index in [1.165, 1.54) is 24.3 Å². The molecule has 1 aliphatic rings. The van der Waals surface area contributed by atoms with Crippen LogP contribution in [0.15, 0.2) is 52.3 Å². The summed E-state index contributed by atoms with van der Waals surface area (Å²) >= 11 is 1.62. The molecule has 1 amide bonds. The lowest BCUT2D eigenvalue weighted by Crippen LogP contribution is -2.31. The van der Waals surface area contributed by atoms with Crippen molar-refractivity contribution in [3.05, 3.63) is 59.4 Å². The van der Waals surface area contributed by atoms with Crippen molar-refractivity contribution in [2.45, 2.75) is 29.2 Å². The highest BCUT2D eigenvalue weighted by atomic mass is 32.2. The van der Waals surface area contributed by atoms with Gasteiger partial charge >= 0.3 is 0 Å². The Hall–Kier alpha value is -1.86. The molecule has 0 radical (unpaired) electrons. The van der Waals surface area contributed by atoms with Crippen LogP contribution in [0.1, 0.15) is 35.3 Å². The fraction of sp³-hybridized carbons (Fsp3) is 0.278. The third kappa shape index (κ3) is 3.72. The number of benzene rings is 2. The van der Waals surface area contributed by atoms with Crippen molar-refractivity contribution < 1.29 is 17.6 Å². The molecule has 0 fully saturated rings. The van der Waals surface area contributed by atoms with Crippen molar-refractivity contribution in [3.8, 4) is 0 Å². The average Bonchev–Trinajstić information content (AvgIpc) is 2.62. The topological polar surface area (TPSA) is 63.2 Å². The van der Waals surface area contributed by atoms with E-state index in [4.69, 9.17) is 0 Å². The zero-order valence-corrected chi connectivity index (χ0v) is 15.3. The Kier molecular flexibility index (Phi) is 5.15. The molecule has 0 spiro atoms. The SMILES string of the molecule is CCS(=O)(=O)c1ccccc1C(=O)NC1CCSc2ccc(F)cc21. The highest BCUT2D eigenvalue weighted by molar-refractivity contribution is 7.99. The second kappa shape index (κ2) is 7.17. The summed E-state index contributed by atoms with van der Waals surface area (Å²) in [7, 11) is -3.51. The summed E-state index contributed by atoms with van der Waals surface area (Å²) in [4.78, 5) is 13.7. The summed E-state index contributed by atoms with van der Waals surface area (Å²) in [6.07, 6.45) is 0.662. The minimum atomic E-state index is -3.51. The maximum atomic E-state index is 13.6. The first kappa shape index (κ1) is 17.9. The van der Waals surface area contributed by atoms with Crippen molar-refractivity contribution in [1.82, 2.24) is 5.32 Å². The van der Waals surface area contributed by atoms with Gasteiger partial charge in [-0.15, -0.1) is 11.8 Å². The molecule has 0 aromatic heterocycles. The number of hydrogen-bond donors (Lipinski definition) is 1. The molecule has 2 aromatic carbocycles. The Balaban J connectivity index is 1.92. The van der Waals surface area contributed by atoms with Crippen molar-refractivity contribution in [1.29, 1.82) is 0 Å². The average molecular weight is 379 g/mol. The molecule has 4 nitrogen and oxygen atoms in total. The number of hydrogen-bond acceptors (Lipinski definition) is 4. The normalized spacial score (nSPS) is 17.0. The lowest BCUT2D eigenvalue weighted by atomic mass is 10.0. The van der Waals surface area contributed by atoms with Gasteiger partial charge in [0.1, 0.15) is 5.82 Å². The second-order valence-electron chi connectivity index (χ2n) is 5.74. The highest BCUT2D eigenvalue weighted by Crippen LogP contribution is 2.36. The van der Waals surface area contributed by atoms with E-state index in [9.17, 15) is 17.6 Å². The quantitative estimate of drug-likeness (QED) is 0.882. The van der Waals surface area contributed by atoms with Crippen LogP contribution in [0.3, 0.4) is 0 Å². The van der Waals surface area contributed by atoms with Gasteiger partial charge in [-0.25, -0.2) is 12.8 Å². The molecule has 0 bridgehead atoms. The zero-order chi connectivity index (χ0) is 18.0. The van der Waals surface area contributed by atoms with Gasteiger partial charge in [0.05, 0.1) is 22.3 Å². The molecular weight excluding hydrogens is 361 g/mol. The van der Waals surface area contributed by atoms with E-state index in [1.807, 2.05) is 0 Å². The zero-order valence-electron chi connectivity index (χ0n) is 13.7. The number of thioether (sulfide) groups is 1. The predicted molar refractivity (Wildman–Crippen MR) is 96.1 cm³/mol. The first-order valence-electron chi connectivity index (χ1n) is 7.97. The molecule has 2 aromatic rings. The van der Waals surface area contributed by atoms with Gasteiger partial charge in [0.25, 0.3) is 5.91 Å². The number of rotatable bonds is 4. The van der Waals surface area contributed by atoms with Crippen LogP contribution in [-0.4, -0.2) is 25.8 Å². The fourth-order valence-electron chi connectivity index (χ4n) is 2.83. The standard InChI is InChI=1S/C18H18FNO3S2/c1-2-25(22,23)17-6-4-3-5-13(17)18(21)20-15-9-10-24-16-8-7-12(19)11-14(15)16/h3-8,11,15H,2,9-10H2,1H3,(H,20,21). The molecule has 0 saturated heterocycles. The Labute approximate surface area is 150 Å². The summed E-state index contributed by atoms with van der Waals surface area (Å²) in [5.74, 6) is -0.0848. The lowest BCUT2D eigenvalue weighted by molar-refractivity contribution is 0.0931. The third-order valence-corrected chi connectivity index (χ3v) is 7.07. The molecule has 1 aliphatic heterocycles. The smallest absolute Gasteiger partial charge is 0.253 e. The van der Waals surface area contributed by atoms with Gasteiger partial charge in [0, 0.05) is 10.6 Å². The Morgan fingerprint density at radius 2 is 2.04 bits per heavy atom. The summed E-state index contributed by atoms with van der Waals surface area (Å²) < 4.78 is 38.1. The number of fused-ring (bicyclic) bond motifs is 1. The van der Waals surface area contributed by atoms with Crippen molar-refractivity contribution in [2.75, 3.05) is 11.5 Å². The first-order valence-corrected chi connectivity index (χ1v) is 10.6. The summed E-state index contributed by atoms with van der Waals surface area (Å²) in [5, 5.41) is 2.87. The van der Waals surface area contributed by atoms with Gasteiger partial charge in [-0.2, -0.15) is 0 Å². The number of carbonyl (C=O) groups is 1. The molecule has 3 rings (SSSR count). The van der Waals surface area contributed by atoms with Crippen molar-refractivity contribution in [3.63, 3.8) is 0 Å². The van der Waals surface area contributed by atoms with Crippen LogP contribution in [0.25, 0.3) is 0 Å². The van der Waals surface area contributed by atoms with Gasteiger partial charge in [-0.1, -0.05) is 19.1 Å². The number of carbonyl (C=O) groups excluding carboxylic acids is 1. The number of nitrogens with one attached hydrogen (secondary N) is 1. The van der Waals surface area contributed by atoms with Crippen LogP contribution in [-0.2, 0) is 9.84 Å². The van der Waals surface area contributed by atoms with E-state index in [-0.39, 0.29) is 28.1 Å². The minimum Gasteiger partial charge on any atom is -0.345 e. The van der Waals surface area contributed by atoms with E-state index in [0.29, 0.717) is 6.42 Å². The van der Waals surface area contributed by atoms with E-state index >= 15 is 0 Å². The molecular formula is C18H18FNO3S2. The van der Waals surface area contributed by atoms with Crippen LogP contribution in [0.4, 0.5) is 4.39 Å². The van der Waals surface area contributed by atoms with Gasteiger partial charge in [-0.05, 0) is 42.3 Å². The molecule has 1 unspecified atom stereocenters. The predicted octanol–water partition coefficient (Wildman–Crippen LogP) is 3.59. The lowest BCUT2D eigenvalue weighted by Gasteiger charge is -2.26. The molecule has 7 heteroatoms. The Morgan fingerprint density at radius 3 is 2.80 bits per heavy atom. The molecule has 1 heterocycles. The van der Waals surface area contributed by atoms with Crippen LogP contribution >= 0.6 is 11.8 Å². The maximum absolute atomic E-state index is 13.6. The highest BCUT2D eigenvalue weighted by Gasteiger charge is 2.26. The number of amides is 1. The van der Waals surface area contributed by atoms with E-state index < -0.39 is 15.7 Å². The van der Waals surface area contributed by atoms with Crippen LogP contribution in [0, 0.1) is 5.82 Å². The summed E-state index contributed by atoms with van der Waals surface area (Å²) in [6, 6.07) is 10.4. The fourth-order valence-corrected chi connectivity index (χ4v) is 5.03. The number of sulfone groups is 1. The van der Waals surface area contributed by atoms with Gasteiger partial charge in [0.15, 0.2) is 9.84 Å². The van der Waals surface area contributed by atoms with Crippen LogP contribution in [0.5, 0.6) is 0 Å². The van der Waals surface area contributed by atoms with E-state index in [2.05, 4.69) is 5.32 Å². The maximum Gasteiger partial charge on any atom is 0.253 e. The van der Waals surface area contributed by atoms with E-state index in [0.717, 1.165) is 16.2 Å². The van der Waals surface area contributed by atoms with E-state index in [1.54, 1.807) is 36.9 Å². The Bertz CT molecular complexity index is 912. The van der Waals surface area contributed by atoms with Crippen molar-refractivity contribution >= 4 is 27.5 Å². The third-order valence-electron chi connectivity index (χ3n) is 4.16. The van der Waals surface area contributed by atoms with Crippen molar-refractivity contribution in [2.24, 2.45) is 0 Å². The first-order chi connectivity index (χ1) is 11.9. The summed E-state index contributed by atoms with van der Waals surface area (Å²) in [5.41, 5.74) is 0.862. The minimum absolute atomic E-state index is 0.0275. The monoisotopic (exact) mass is 379 g/mol. The summed E-state index contributed by atoms with van der Waals surface area (Å²) in [6.45, 7) is 1.54. The molecule has 132 valence electrons. The molecule has 1 atom stereocenters. The second-order valence-corrected chi connectivity index (χ2v) is 9.13. The molecule has 25 heavy (non-hydrogen) atoms. The Morgan fingerprint density at radius 1 is 1.28 bits per heavy atom. The van der Waals surface area contributed by atoms with Gasteiger partial charge in [0.2, 0.25) is 0 Å². The van der Waals surface area contributed by atoms with Crippen LogP contribution in [0.2, 0.25) is 0 Å². The van der Waals surface area contributed by atoms with Gasteiger partial charge in [-0.3, -0.25) is 4.79 Å².